The van der Waals surface area contributed by atoms with E-state index in [2.05, 4.69) is 55.6 Å². The number of carbonyl (C=O) groups is 1. The molecule has 9 unspecified atom stereocenters. The number of aliphatic hydroxyl groups excluding tert-OH is 7. The second kappa shape index (κ2) is 67.3. The van der Waals surface area contributed by atoms with Crippen LogP contribution in [0.3, 0.4) is 0 Å². The fourth-order valence-electron chi connectivity index (χ4n) is 12.9. The molecule has 11 nitrogen and oxygen atoms in total. The Hall–Kier alpha value is -1.67. The molecule has 0 aromatic heterocycles. The minimum absolute atomic E-state index is 0.248. The maximum absolute atomic E-state index is 13.3. The summed E-state index contributed by atoms with van der Waals surface area (Å²) < 4.78 is 11.2. The van der Waals surface area contributed by atoms with Crippen LogP contribution in [0.15, 0.2) is 36.5 Å². The molecule has 11 heteroatoms. The van der Waals surface area contributed by atoms with E-state index in [0.717, 1.165) is 38.5 Å². The number of allylic oxidation sites excluding steroid dienone is 6. The summed E-state index contributed by atoms with van der Waals surface area (Å²) in [5, 5.41) is 76.6. The van der Waals surface area contributed by atoms with E-state index in [1.807, 2.05) is 0 Å². The molecule has 0 spiro atoms. The molecule has 0 aromatic carbocycles. The third-order valence-electron chi connectivity index (χ3n) is 19.1. The lowest BCUT2D eigenvalue weighted by molar-refractivity contribution is -0.303. The fraction of sp³-hybridized carbons (Fsp3) is 0.911. The molecule has 1 rings (SSSR count). The molecule has 0 radical (unpaired) electrons. The molecule has 1 fully saturated rings. The van der Waals surface area contributed by atoms with Crippen LogP contribution >= 0.6 is 0 Å². The van der Waals surface area contributed by atoms with Crippen LogP contribution < -0.4 is 5.32 Å². The lowest BCUT2D eigenvalue weighted by Crippen LogP contribution is -2.60. The van der Waals surface area contributed by atoms with Gasteiger partial charge in [0.05, 0.1) is 25.4 Å². The monoisotopic (exact) mass is 1270 g/mol. The molecular weight excluding hydrogens is 1120 g/mol. The molecule has 1 saturated heterocycles. The van der Waals surface area contributed by atoms with Crippen molar-refractivity contribution in [3.63, 3.8) is 0 Å². The SMILES string of the molecule is CCCCCCCCCCCCCC/C=C\CCCCCCCCCCCCCCCCCC(O)C(=O)NC(COC1OC(CO)C(O)C(O)C1O)C(O)C(O)CCC/C=C/CC/C=C/CCCCCCCCCCCCCCCCCCCCCCCCC. The van der Waals surface area contributed by atoms with E-state index in [9.17, 15) is 40.5 Å². The lowest BCUT2D eigenvalue weighted by Gasteiger charge is -2.40. The summed E-state index contributed by atoms with van der Waals surface area (Å²) in [4.78, 5) is 13.3. The van der Waals surface area contributed by atoms with Crippen molar-refractivity contribution in [2.75, 3.05) is 13.2 Å². The lowest BCUT2D eigenvalue weighted by atomic mass is 9.98. The Morgan fingerprint density at radius 2 is 0.667 bits per heavy atom. The summed E-state index contributed by atoms with van der Waals surface area (Å²) in [6.07, 6.45) is 76.9. The minimum Gasteiger partial charge on any atom is -0.394 e. The predicted molar refractivity (Wildman–Crippen MR) is 381 cm³/mol. The van der Waals surface area contributed by atoms with Crippen molar-refractivity contribution >= 4 is 5.91 Å². The van der Waals surface area contributed by atoms with Crippen LogP contribution in [0.1, 0.15) is 393 Å². The predicted octanol–water partition coefficient (Wildman–Crippen LogP) is 20.1. The molecule has 532 valence electrons. The number of hydrogen-bond donors (Lipinski definition) is 8. The van der Waals surface area contributed by atoms with Crippen LogP contribution in [0, 0.1) is 0 Å². The van der Waals surface area contributed by atoms with Gasteiger partial charge in [-0.05, 0) is 77.0 Å². The van der Waals surface area contributed by atoms with Crippen molar-refractivity contribution in [3.05, 3.63) is 36.5 Å². The second-order valence-electron chi connectivity index (χ2n) is 27.8. The van der Waals surface area contributed by atoms with Crippen molar-refractivity contribution < 1.29 is 50.0 Å². The van der Waals surface area contributed by atoms with Gasteiger partial charge in [-0.3, -0.25) is 4.79 Å². The molecule has 8 N–H and O–H groups in total. The van der Waals surface area contributed by atoms with Crippen molar-refractivity contribution in [1.82, 2.24) is 5.32 Å². The van der Waals surface area contributed by atoms with Crippen LogP contribution in [0.25, 0.3) is 0 Å². The first-order valence-electron chi connectivity index (χ1n) is 39.4. The van der Waals surface area contributed by atoms with Gasteiger partial charge in [0.2, 0.25) is 5.91 Å². The molecule has 1 amide bonds. The van der Waals surface area contributed by atoms with Crippen molar-refractivity contribution in [1.29, 1.82) is 0 Å². The van der Waals surface area contributed by atoms with Gasteiger partial charge in [0.25, 0.3) is 0 Å². The fourth-order valence-corrected chi connectivity index (χ4v) is 12.9. The summed E-state index contributed by atoms with van der Waals surface area (Å²) in [6, 6.07) is -1.19. The number of hydrogen-bond acceptors (Lipinski definition) is 10. The van der Waals surface area contributed by atoms with E-state index in [0.29, 0.717) is 19.3 Å². The molecule has 0 aromatic rings. The number of aliphatic hydroxyl groups is 7. The Morgan fingerprint density at radius 3 is 0.989 bits per heavy atom. The van der Waals surface area contributed by atoms with Gasteiger partial charge < -0.3 is 50.5 Å². The zero-order valence-corrected chi connectivity index (χ0v) is 59.1. The number of carbonyl (C=O) groups excluding carboxylic acids is 1. The Morgan fingerprint density at radius 1 is 0.378 bits per heavy atom. The molecule has 1 aliphatic rings. The zero-order chi connectivity index (χ0) is 65.3. The van der Waals surface area contributed by atoms with Crippen LogP contribution in [0.2, 0.25) is 0 Å². The largest absolute Gasteiger partial charge is 0.394 e. The van der Waals surface area contributed by atoms with E-state index in [-0.39, 0.29) is 12.8 Å². The van der Waals surface area contributed by atoms with Crippen molar-refractivity contribution in [3.8, 4) is 0 Å². The van der Waals surface area contributed by atoms with Gasteiger partial charge in [-0.1, -0.05) is 352 Å². The van der Waals surface area contributed by atoms with Crippen molar-refractivity contribution in [2.45, 2.75) is 448 Å². The third kappa shape index (κ3) is 53.6. The third-order valence-corrected chi connectivity index (χ3v) is 19.1. The van der Waals surface area contributed by atoms with E-state index in [1.165, 1.54) is 308 Å². The molecule has 1 aliphatic heterocycles. The molecule has 0 bridgehead atoms. The molecular formula is C79H151NO10. The highest BCUT2D eigenvalue weighted by atomic mass is 16.7. The molecule has 0 aliphatic carbocycles. The maximum Gasteiger partial charge on any atom is 0.249 e. The quantitative estimate of drug-likeness (QED) is 0.0215. The summed E-state index contributed by atoms with van der Waals surface area (Å²) in [5.41, 5.74) is 0. The van der Waals surface area contributed by atoms with Gasteiger partial charge in [0.15, 0.2) is 6.29 Å². The Balaban J connectivity index is 2.17. The van der Waals surface area contributed by atoms with E-state index >= 15 is 0 Å². The first-order chi connectivity index (χ1) is 44.2. The minimum atomic E-state index is -1.67. The van der Waals surface area contributed by atoms with E-state index < -0.39 is 74.2 Å². The van der Waals surface area contributed by atoms with Crippen molar-refractivity contribution in [2.24, 2.45) is 0 Å². The highest BCUT2D eigenvalue weighted by Gasteiger charge is 2.44. The molecule has 90 heavy (non-hydrogen) atoms. The van der Waals surface area contributed by atoms with E-state index in [1.54, 1.807) is 0 Å². The highest BCUT2D eigenvalue weighted by Crippen LogP contribution is 2.24. The van der Waals surface area contributed by atoms with E-state index in [4.69, 9.17) is 9.47 Å². The topological polar surface area (TPSA) is 189 Å². The molecule has 9 atom stereocenters. The smallest absolute Gasteiger partial charge is 0.249 e. The Kier molecular flexibility index (Phi) is 64.6. The van der Waals surface area contributed by atoms with Gasteiger partial charge in [-0.2, -0.15) is 0 Å². The standard InChI is InChI=1S/C79H151NO10/c1-3-5-7-9-11-13-15-17-19-21-23-25-27-29-31-33-35-37-38-40-42-44-46-48-50-52-54-56-58-60-62-64-66-71(82)74(84)70(69-89-79-77(87)76(86)75(85)73(68-81)90-79)80-78(88)72(83)67-65-63-61-59-57-55-53-51-49-47-45-43-41-39-36-34-32-30-28-26-24-22-20-18-16-14-12-10-8-6-4-2/h30,32,50,52,58,60,70-77,79,81-87H,3-29,31,33-49,51,53-57,59,61-69H2,1-2H3,(H,80,88)/b32-30-,52-50+,60-58+. The van der Waals surface area contributed by atoms with Gasteiger partial charge in [0, 0.05) is 0 Å². The highest BCUT2D eigenvalue weighted by molar-refractivity contribution is 5.80. The maximum atomic E-state index is 13.3. The average Bonchev–Trinajstić information content (AvgIpc) is 1.37. The Bertz CT molecular complexity index is 1560. The average molecular weight is 1280 g/mol. The molecule has 0 saturated carbocycles. The number of ether oxygens (including phenoxy) is 2. The van der Waals surface area contributed by atoms with Gasteiger partial charge >= 0.3 is 0 Å². The normalized spacial score (nSPS) is 18.6. The number of rotatable bonds is 70. The first-order valence-corrected chi connectivity index (χ1v) is 39.4. The van der Waals surface area contributed by atoms with Crippen LogP contribution in [0.4, 0.5) is 0 Å². The summed E-state index contributed by atoms with van der Waals surface area (Å²) >= 11 is 0. The number of amides is 1. The molecule has 1 heterocycles. The second-order valence-corrected chi connectivity index (χ2v) is 27.8. The summed E-state index contributed by atoms with van der Waals surface area (Å²) in [6.45, 7) is 3.51. The van der Waals surface area contributed by atoms with Gasteiger partial charge in [-0.15, -0.1) is 0 Å². The van der Waals surface area contributed by atoms with Crippen LogP contribution in [-0.2, 0) is 14.3 Å². The summed E-state index contributed by atoms with van der Waals surface area (Å²) in [7, 11) is 0. The first kappa shape index (κ1) is 86.3. The van der Waals surface area contributed by atoms with Crippen LogP contribution in [0.5, 0.6) is 0 Å². The summed E-state index contributed by atoms with van der Waals surface area (Å²) in [5.74, 6) is -0.704. The number of unbranched alkanes of at least 4 members (excludes halogenated alkanes) is 52. The zero-order valence-electron chi connectivity index (χ0n) is 59.1. The number of nitrogens with one attached hydrogen (secondary N) is 1. The Labute approximate surface area is 556 Å². The van der Waals surface area contributed by atoms with Gasteiger partial charge in [0.1, 0.15) is 36.6 Å². The van der Waals surface area contributed by atoms with Crippen LogP contribution in [-0.4, -0.2) is 110 Å². The van der Waals surface area contributed by atoms with Gasteiger partial charge in [-0.25, -0.2) is 0 Å².